The summed E-state index contributed by atoms with van der Waals surface area (Å²) in [5.41, 5.74) is 10.6. The van der Waals surface area contributed by atoms with Crippen LogP contribution in [0.15, 0.2) is 24.3 Å². The minimum atomic E-state index is -0.442. The molecule has 18 heavy (non-hydrogen) atoms. The molecule has 4 N–H and O–H groups in total. The Morgan fingerprint density at radius 3 is 2.39 bits per heavy atom. The summed E-state index contributed by atoms with van der Waals surface area (Å²) in [7, 11) is 0. The lowest BCUT2D eigenvalue weighted by Crippen LogP contribution is -2.44. The van der Waals surface area contributed by atoms with Crippen molar-refractivity contribution in [3.05, 3.63) is 29.8 Å². The van der Waals surface area contributed by atoms with Crippen LogP contribution in [0.1, 0.15) is 12.0 Å². The molecule has 0 bridgehead atoms. The molecule has 0 aliphatic rings. The molecule has 1 aromatic carbocycles. The highest BCUT2D eigenvalue weighted by atomic mass is 16.5. The van der Waals surface area contributed by atoms with E-state index < -0.39 is 5.91 Å². The van der Waals surface area contributed by atoms with Gasteiger partial charge in [-0.05, 0) is 19.1 Å². The maximum Gasteiger partial charge on any atom is 0.252 e. The van der Waals surface area contributed by atoms with E-state index in [1.165, 1.54) is 0 Å². The van der Waals surface area contributed by atoms with Gasteiger partial charge in [0.1, 0.15) is 5.75 Å². The van der Waals surface area contributed by atoms with Crippen LogP contribution in [-0.4, -0.2) is 25.0 Å². The molecule has 0 aromatic heterocycles. The lowest BCUT2D eigenvalue weighted by Gasteiger charge is -2.08. The Balaban J connectivity index is 2.19. The molecule has 1 rings (SSSR count). The molecule has 6 nitrogen and oxygen atoms in total. The molecule has 0 aliphatic carbocycles. The predicted molar refractivity (Wildman–Crippen MR) is 66.6 cm³/mol. The largest absolute Gasteiger partial charge is 0.493 e. The van der Waals surface area contributed by atoms with Crippen LogP contribution in [0.3, 0.4) is 0 Å². The van der Waals surface area contributed by atoms with E-state index in [0.717, 1.165) is 5.56 Å². The summed E-state index contributed by atoms with van der Waals surface area (Å²) < 4.78 is 5.37. The molecule has 0 saturated heterocycles. The Kier molecular flexibility index (Phi) is 5.66. The summed E-state index contributed by atoms with van der Waals surface area (Å²) in [6.07, 6.45) is 0.152. The first-order valence-electron chi connectivity index (χ1n) is 5.59. The zero-order chi connectivity index (χ0) is 13.4. The van der Waals surface area contributed by atoms with Gasteiger partial charge < -0.3 is 10.5 Å². The number of ether oxygens (including phenoxy) is 1. The summed E-state index contributed by atoms with van der Waals surface area (Å²) in [6, 6.07) is 7.53. The zero-order valence-corrected chi connectivity index (χ0v) is 10.2. The topological polar surface area (TPSA) is 93.5 Å². The number of carbonyl (C=O) groups is 2. The quantitative estimate of drug-likeness (QED) is 0.635. The number of amides is 2. The van der Waals surface area contributed by atoms with Crippen molar-refractivity contribution in [2.24, 2.45) is 5.73 Å². The van der Waals surface area contributed by atoms with Gasteiger partial charge in [0.2, 0.25) is 5.91 Å². The molecule has 0 saturated carbocycles. The SMILES string of the molecule is Cc1ccc(OCCC(=O)NNC(=O)CN)cc1. The van der Waals surface area contributed by atoms with Gasteiger partial charge in [0.25, 0.3) is 5.91 Å². The smallest absolute Gasteiger partial charge is 0.252 e. The van der Waals surface area contributed by atoms with E-state index in [9.17, 15) is 9.59 Å². The molecule has 0 radical (unpaired) electrons. The van der Waals surface area contributed by atoms with Crippen LogP contribution in [0.2, 0.25) is 0 Å². The highest BCUT2D eigenvalue weighted by molar-refractivity contribution is 5.82. The fraction of sp³-hybridized carbons (Fsp3) is 0.333. The molecule has 0 unspecified atom stereocenters. The van der Waals surface area contributed by atoms with Gasteiger partial charge in [-0.2, -0.15) is 0 Å². The lowest BCUT2D eigenvalue weighted by molar-refractivity contribution is -0.128. The summed E-state index contributed by atoms with van der Waals surface area (Å²) in [4.78, 5) is 22.0. The van der Waals surface area contributed by atoms with Gasteiger partial charge in [-0.25, -0.2) is 0 Å². The van der Waals surface area contributed by atoms with E-state index in [0.29, 0.717) is 5.75 Å². The number of benzene rings is 1. The van der Waals surface area contributed by atoms with Crippen LogP contribution in [0.4, 0.5) is 0 Å². The predicted octanol–water partition coefficient (Wildman–Crippen LogP) is -0.130. The number of hydrogen-bond donors (Lipinski definition) is 3. The van der Waals surface area contributed by atoms with Crippen LogP contribution < -0.4 is 21.3 Å². The Bertz CT molecular complexity index is 404. The Labute approximate surface area is 105 Å². The maximum atomic E-state index is 11.3. The van der Waals surface area contributed by atoms with Gasteiger partial charge in [-0.15, -0.1) is 0 Å². The van der Waals surface area contributed by atoms with Crippen molar-refractivity contribution >= 4 is 11.8 Å². The standard InChI is InChI=1S/C12H17N3O3/c1-9-2-4-10(5-3-9)18-7-6-11(16)14-15-12(17)8-13/h2-5H,6-8,13H2,1H3,(H,14,16)(H,15,17). The molecule has 98 valence electrons. The number of nitrogens with one attached hydrogen (secondary N) is 2. The number of carbonyl (C=O) groups excluding carboxylic acids is 2. The monoisotopic (exact) mass is 251 g/mol. The first-order chi connectivity index (χ1) is 8.61. The molecule has 0 spiro atoms. The molecule has 0 heterocycles. The van der Waals surface area contributed by atoms with Gasteiger partial charge in [0, 0.05) is 0 Å². The zero-order valence-electron chi connectivity index (χ0n) is 10.2. The highest BCUT2D eigenvalue weighted by Gasteiger charge is 2.03. The molecule has 6 heteroatoms. The fourth-order valence-electron chi connectivity index (χ4n) is 1.15. The number of nitrogens with two attached hydrogens (primary N) is 1. The van der Waals surface area contributed by atoms with Crippen molar-refractivity contribution in [2.75, 3.05) is 13.2 Å². The summed E-state index contributed by atoms with van der Waals surface area (Å²) in [5, 5.41) is 0. The van der Waals surface area contributed by atoms with Crippen molar-refractivity contribution in [3.63, 3.8) is 0 Å². The summed E-state index contributed by atoms with van der Waals surface area (Å²) in [5.74, 6) is -0.0638. The third kappa shape index (κ3) is 5.31. The van der Waals surface area contributed by atoms with Crippen molar-refractivity contribution < 1.29 is 14.3 Å². The Morgan fingerprint density at radius 1 is 1.17 bits per heavy atom. The highest BCUT2D eigenvalue weighted by Crippen LogP contribution is 2.11. The first kappa shape index (κ1) is 14.0. The Morgan fingerprint density at radius 2 is 1.78 bits per heavy atom. The molecule has 0 atom stereocenters. The van der Waals surface area contributed by atoms with E-state index in [-0.39, 0.29) is 25.5 Å². The molecule has 0 aliphatic heterocycles. The number of hydrogen-bond acceptors (Lipinski definition) is 4. The van der Waals surface area contributed by atoms with Crippen LogP contribution in [0.25, 0.3) is 0 Å². The third-order valence-electron chi connectivity index (χ3n) is 2.15. The van der Waals surface area contributed by atoms with Crippen LogP contribution in [0, 0.1) is 6.92 Å². The average Bonchev–Trinajstić information content (AvgIpc) is 2.38. The van der Waals surface area contributed by atoms with E-state index in [4.69, 9.17) is 10.5 Å². The van der Waals surface area contributed by atoms with Crippen LogP contribution in [-0.2, 0) is 9.59 Å². The second-order valence-corrected chi connectivity index (χ2v) is 3.71. The Hall–Kier alpha value is -2.08. The van der Waals surface area contributed by atoms with Gasteiger partial charge in [-0.3, -0.25) is 20.4 Å². The maximum absolute atomic E-state index is 11.3. The normalized spacial score (nSPS) is 9.67. The van der Waals surface area contributed by atoms with Gasteiger partial charge >= 0.3 is 0 Å². The second kappa shape index (κ2) is 7.29. The summed E-state index contributed by atoms with van der Waals surface area (Å²) >= 11 is 0. The van der Waals surface area contributed by atoms with Crippen LogP contribution in [0.5, 0.6) is 5.75 Å². The third-order valence-corrected chi connectivity index (χ3v) is 2.15. The molecule has 2 amide bonds. The first-order valence-corrected chi connectivity index (χ1v) is 5.59. The van der Waals surface area contributed by atoms with E-state index >= 15 is 0 Å². The van der Waals surface area contributed by atoms with E-state index in [1.807, 2.05) is 31.2 Å². The molecular formula is C12H17N3O3. The number of rotatable bonds is 5. The van der Waals surface area contributed by atoms with Gasteiger partial charge in [0.15, 0.2) is 0 Å². The average molecular weight is 251 g/mol. The van der Waals surface area contributed by atoms with Gasteiger partial charge in [-0.1, -0.05) is 17.7 Å². The molecule has 0 fully saturated rings. The van der Waals surface area contributed by atoms with Crippen molar-refractivity contribution in [2.45, 2.75) is 13.3 Å². The second-order valence-electron chi connectivity index (χ2n) is 3.71. The minimum absolute atomic E-state index is 0.152. The molecular weight excluding hydrogens is 234 g/mol. The van der Waals surface area contributed by atoms with Gasteiger partial charge in [0.05, 0.1) is 19.6 Å². The number of hydrazine groups is 1. The lowest BCUT2D eigenvalue weighted by atomic mass is 10.2. The fourth-order valence-corrected chi connectivity index (χ4v) is 1.15. The summed E-state index contributed by atoms with van der Waals surface area (Å²) in [6.45, 7) is 2.06. The van der Waals surface area contributed by atoms with Crippen molar-refractivity contribution in [3.8, 4) is 5.75 Å². The van der Waals surface area contributed by atoms with E-state index in [1.54, 1.807) is 0 Å². The van der Waals surface area contributed by atoms with Crippen LogP contribution >= 0.6 is 0 Å². The van der Waals surface area contributed by atoms with Crippen molar-refractivity contribution in [1.82, 2.24) is 10.9 Å². The molecule has 1 aromatic rings. The van der Waals surface area contributed by atoms with E-state index in [2.05, 4.69) is 10.9 Å². The number of aryl methyl sites for hydroxylation is 1. The van der Waals surface area contributed by atoms with Crippen molar-refractivity contribution in [1.29, 1.82) is 0 Å². The minimum Gasteiger partial charge on any atom is -0.493 e.